The largest absolute Gasteiger partial charge is 0.491 e. The van der Waals surface area contributed by atoms with Gasteiger partial charge in [-0.3, -0.25) is 0 Å². The molecule has 4 heteroatoms. The molecule has 0 aliphatic heterocycles. The highest BCUT2D eigenvalue weighted by atomic mass is 16.5. The average Bonchev–Trinajstić information content (AvgIpc) is 2.73. The SMILES string of the molecule is Cc1cc(-c2nc(CN)[nH]c2C)ccc1OC(C)C. The molecule has 0 aliphatic rings. The van der Waals surface area contributed by atoms with Crippen LogP contribution in [0.15, 0.2) is 18.2 Å². The third-order valence-electron chi connectivity index (χ3n) is 2.94. The van der Waals surface area contributed by atoms with E-state index in [2.05, 4.69) is 16.0 Å². The van der Waals surface area contributed by atoms with Gasteiger partial charge in [-0.15, -0.1) is 0 Å². The molecule has 0 aliphatic carbocycles. The van der Waals surface area contributed by atoms with Crippen molar-refractivity contribution in [2.45, 2.75) is 40.3 Å². The number of hydrogen-bond donors (Lipinski definition) is 2. The Morgan fingerprint density at radius 1 is 1.32 bits per heavy atom. The third-order valence-corrected chi connectivity index (χ3v) is 2.94. The van der Waals surface area contributed by atoms with Crippen molar-refractivity contribution in [1.82, 2.24) is 9.97 Å². The van der Waals surface area contributed by atoms with Crippen molar-refractivity contribution >= 4 is 0 Å². The van der Waals surface area contributed by atoms with Gasteiger partial charge in [0.1, 0.15) is 11.6 Å². The molecule has 4 nitrogen and oxygen atoms in total. The molecule has 0 fully saturated rings. The van der Waals surface area contributed by atoms with Gasteiger partial charge in [-0.05, 0) is 51.5 Å². The molecule has 102 valence electrons. The van der Waals surface area contributed by atoms with Gasteiger partial charge in [0.25, 0.3) is 0 Å². The van der Waals surface area contributed by atoms with Gasteiger partial charge in [0, 0.05) is 11.3 Å². The van der Waals surface area contributed by atoms with Gasteiger partial charge in [-0.2, -0.15) is 0 Å². The minimum atomic E-state index is 0.181. The molecule has 3 N–H and O–H groups in total. The summed E-state index contributed by atoms with van der Waals surface area (Å²) >= 11 is 0. The lowest BCUT2D eigenvalue weighted by molar-refractivity contribution is 0.241. The quantitative estimate of drug-likeness (QED) is 0.887. The van der Waals surface area contributed by atoms with Crippen LogP contribution in [0.4, 0.5) is 0 Å². The first-order valence-electron chi connectivity index (χ1n) is 6.54. The lowest BCUT2D eigenvalue weighted by atomic mass is 10.1. The topological polar surface area (TPSA) is 63.9 Å². The number of ether oxygens (including phenoxy) is 1. The lowest BCUT2D eigenvalue weighted by Crippen LogP contribution is -2.06. The summed E-state index contributed by atoms with van der Waals surface area (Å²) in [5, 5.41) is 0. The van der Waals surface area contributed by atoms with E-state index >= 15 is 0 Å². The van der Waals surface area contributed by atoms with Crippen LogP contribution in [0.25, 0.3) is 11.3 Å². The molecule has 0 atom stereocenters. The van der Waals surface area contributed by atoms with Crippen molar-refractivity contribution in [3.8, 4) is 17.0 Å². The molecular weight excluding hydrogens is 238 g/mol. The molecule has 1 heterocycles. The fourth-order valence-electron chi connectivity index (χ4n) is 2.08. The van der Waals surface area contributed by atoms with Gasteiger partial charge in [-0.25, -0.2) is 4.98 Å². The fourth-order valence-corrected chi connectivity index (χ4v) is 2.08. The Morgan fingerprint density at radius 3 is 2.58 bits per heavy atom. The van der Waals surface area contributed by atoms with E-state index in [0.29, 0.717) is 6.54 Å². The zero-order chi connectivity index (χ0) is 14.0. The zero-order valence-corrected chi connectivity index (χ0v) is 11.9. The minimum Gasteiger partial charge on any atom is -0.491 e. The molecular formula is C15H21N3O. The highest BCUT2D eigenvalue weighted by Gasteiger charge is 2.10. The van der Waals surface area contributed by atoms with Gasteiger partial charge in [0.2, 0.25) is 0 Å². The smallest absolute Gasteiger partial charge is 0.122 e. The second-order valence-electron chi connectivity index (χ2n) is 5.01. The third kappa shape index (κ3) is 2.96. The first-order chi connectivity index (χ1) is 9.01. The second-order valence-corrected chi connectivity index (χ2v) is 5.01. The van der Waals surface area contributed by atoms with Crippen LogP contribution in [0.1, 0.15) is 30.9 Å². The van der Waals surface area contributed by atoms with Gasteiger partial charge in [-0.1, -0.05) is 0 Å². The number of nitrogens with one attached hydrogen (secondary N) is 1. The second kappa shape index (κ2) is 5.45. The Labute approximate surface area is 114 Å². The molecule has 0 spiro atoms. The van der Waals surface area contributed by atoms with Crippen LogP contribution < -0.4 is 10.5 Å². The van der Waals surface area contributed by atoms with Crippen LogP contribution >= 0.6 is 0 Å². The maximum absolute atomic E-state index is 5.74. The van der Waals surface area contributed by atoms with Crippen LogP contribution in [0.2, 0.25) is 0 Å². The average molecular weight is 259 g/mol. The monoisotopic (exact) mass is 259 g/mol. The van der Waals surface area contributed by atoms with Crippen molar-refractivity contribution in [2.75, 3.05) is 0 Å². The summed E-state index contributed by atoms with van der Waals surface area (Å²) in [6, 6.07) is 6.14. The summed E-state index contributed by atoms with van der Waals surface area (Å²) in [5.41, 5.74) is 9.80. The number of rotatable bonds is 4. The van der Waals surface area contributed by atoms with Gasteiger partial charge in [0.15, 0.2) is 0 Å². The summed E-state index contributed by atoms with van der Waals surface area (Å²) in [4.78, 5) is 7.70. The first kappa shape index (κ1) is 13.6. The first-order valence-corrected chi connectivity index (χ1v) is 6.54. The minimum absolute atomic E-state index is 0.181. The summed E-state index contributed by atoms with van der Waals surface area (Å²) in [5.74, 6) is 1.73. The van der Waals surface area contributed by atoms with Crippen LogP contribution in [0, 0.1) is 13.8 Å². The molecule has 2 aromatic rings. The van der Waals surface area contributed by atoms with E-state index in [1.165, 1.54) is 0 Å². The number of aromatic nitrogens is 2. The van der Waals surface area contributed by atoms with Crippen molar-refractivity contribution in [1.29, 1.82) is 0 Å². The number of imidazole rings is 1. The number of H-pyrrole nitrogens is 1. The molecule has 0 bridgehead atoms. The predicted octanol–water partition coefficient (Wildman–Crippen LogP) is 2.94. The number of benzene rings is 1. The van der Waals surface area contributed by atoms with E-state index in [9.17, 15) is 0 Å². The Balaban J connectivity index is 2.35. The summed E-state index contributed by atoms with van der Waals surface area (Å²) < 4.78 is 5.74. The van der Waals surface area contributed by atoms with E-state index in [4.69, 9.17) is 10.5 Å². The number of nitrogens with zero attached hydrogens (tertiary/aromatic N) is 1. The Morgan fingerprint density at radius 2 is 2.05 bits per heavy atom. The van der Waals surface area contributed by atoms with Gasteiger partial charge >= 0.3 is 0 Å². The molecule has 0 saturated heterocycles. The molecule has 1 aromatic carbocycles. The van der Waals surface area contributed by atoms with Crippen molar-refractivity contribution in [3.05, 3.63) is 35.3 Å². The predicted molar refractivity (Wildman–Crippen MR) is 77.2 cm³/mol. The zero-order valence-electron chi connectivity index (χ0n) is 11.9. The molecule has 2 rings (SSSR count). The Bertz CT molecular complexity index is 573. The van der Waals surface area contributed by atoms with Crippen LogP contribution in [0.3, 0.4) is 0 Å². The van der Waals surface area contributed by atoms with Crippen LogP contribution in [0.5, 0.6) is 5.75 Å². The summed E-state index contributed by atoms with van der Waals surface area (Å²) in [6.45, 7) is 8.54. The van der Waals surface area contributed by atoms with E-state index in [0.717, 1.165) is 34.1 Å². The van der Waals surface area contributed by atoms with E-state index in [1.54, 1.807) is 0 Å². The van der Waals surface area contributed by atoms with E-state index < -0.39 is 0 Å². The Hall–Kier alpha value is -1.81. The standard InChI is InChI=1S/C15H21N3O/c1-9(2)19-13-6-5-12(7-10(13)3)15-11(4)17-14(8-16)18-15/h5-7,9H,8,16H2,1-4H3,(H,17,18). The number of nitrogens with two attached hydrogens (primary N) is 1. The molecule has 19 heavy (non-hydrogen) atoms. The molecule has 0 unspecified atom stereocenters. The Kier molecular flexibility index (Phi) is 3.90. The highest BCUT2D eigenvalue weighted by Crippen LogP contribution is 2.27. The van der Waals surface area contributed by atoms with Crippen LogP contribution in [-0.4, -0.2) is 16.1 Å². The van der Waals surface area contributed by atoms with E-state index in [-0.39, 0.29) is 6.10 Å². The fraction of sp³-hybridized carbons (Fsp3) is 0.400. The molecule has 1 aromatic heterocycles. The summed E-state index contributed by atoms with van der Waals surface area (Å²) in [6.07, 6.45) is 0.181. The van der Waals surface area contributed by atoms with E-state index in [1.807, 2.05) is 39.8 Å². The molecule has 0 radical (unpaired) electrons. The van der Waals surface area contributed by atoms with Gasteiger partial charge < -0.3 is 15.5 Å². The lowest BCUT2D eigenvalue weighted by Gasteiger charge is -2.13. The highest BCUT2D eigenvalue weighted by molar-refractivity contribution is 5.64. The normalized spacial score (nSPS) is 11.1. The van der Waals surface area contributed by atoms with Gasteiger partial charge in [0.05, 0.1) is 18.3 Å². The number of aryl methyl sites for hydroxylation is 2. The molecule has 0 amide bonds. The van der Waals surface area contributed by atoms with Crippen molar-refractivity contribution < 1.29 is 4.74 Å². The van der Waals surface area contributed by atoms with Crippen LogP contribution in [-0.2, 0) is 6.54 Å². The maximum atomic E-state index is 5.74. The summed E-state index contributed by atoms with van der Waals surface area (Å²) in [7, 11) is 0. The maximum Gasteiger partial charge on any atom is 0.122 e. The van der Waals surface area contributed by atoms with Crippen molar-refractivity contribution in [2.24, 2.45) is 5.73 Å². The number of aromatic amines is 1. The number of hydrogen-bond acceptors (Lipinski definition) is 3. The van der Waals surface area contributed by atoms with Crippen molar-refractivity contribution in [3.63, 3.8) is 0 Å². The molecule has 0 saturated carbocycles.